The SMILES string of the molecule is COc1ccc(C)cc1S(=O)(=O)N(CC(=O)NC(C)c1cc(C)c(C)cc1C)c1ccc(C)c(Cl)c1. The Bertz CT molecular complexity index is 1400. The average Bonchev–Trinajstić information content (AvgIpc) is 2.81. The first-order valence-electron chi connectivity index (χ1n) is 11.7. The topological polar surface area (TPSA) is 75.7 Å². The van der Waals surface area contributed by atoms with Crippen molar-refractivity contribution in [3.05, 3.63) is 86.9 Å². The molecule has 6 nitrogen and oxygen atoms in total. The lowest BCUT2D eigenvalue weighted by atomic mass is 9.96. The van der Waals surface area contributed by atoms with Gasteiger partial charge in [0.05, 0.1) is 18.8 Å². The van der Waals surface area contributed by atoms with Gasteiger partial charge >= 0.3 is 0 Å². The largest absolute Gasteiger partial charge is 0.495 e. The number of hydrogen-bond acceptors (Lipinski definition) is 4. The maximum atomic E-state index is 13.9. The van der Waals surface area contributed by atoms with E-state index >= 15 is 0 Å². The molecule has 1 unspecified atom stereocenters. The van der Waals surface area contributed by atoms with E-state index in [1.807, 2.05) is 34.6 Å². The molecule has 0 saturated heterocycles. The maximum absolute atomic E-state index is 13.9. The van der Waals surface area contributed by atoms with Crippen LogP contribution >= 0.6 is 11.6 Å². The van der Waals surface area contributed by atoms with Crippen molar-refractivity contribution in [2.24, 2.45) is 0 Å². The molecule has 0 saturated carbocycles. The van der Waals surface area contributed by atoms with Crippen LogP contribution in [0.1, 0.15) is 46.3 Å². The number of ether oxygens (including phenoxy) is 1. The zero-order valence-corrected chi connectivity index (χ0v) is 23.3. The Hall–Kier alpha value is -3.03. The molecule has 0 aliphatic heterocycles. The number of sulfonamides is 1. The van der Waals surface area contributed by atoms with Crippen LogP contribution in [0.3, 0.4) is 0 Å². The molecule has 8 heteroatoms. The van der Waals surface area contributed by atoms with Gasteiger partial charge in [0, 0.05) is 5.02 Å². The zero-order valence-electron chi connectivity index (χ0n) is 21.8. The highest BCUT2D eigenvalue weighted by Crippen LogP contribution is 2.33. The van der Waals surface area contributed by atoms with Gasteiger partial charge in [-0.1, -0.05) is 35.9 Å². The van der Waals surface area contributed by atoms with Crippen LogP contribution in [0.5, 0.6) is 5.75 Å². The molecule has 0 spiro atoms. The quantitative estimate of drug-likeness (QED) is 0.391. The van der Waals surface area contributed by atoms with Gasteiger partial charge in [-0.15, -0.1) is 0 Å². The summed E-state index contributed by atoms with van der Waals surface area (Å²) in [6, 6.07) is 13.7. The van der Waals surface area contributed by atoms with Gasteiger partial charge in [-0.25, -0.2) is 8.42 Å². The number of carbonyl (C=O) groups excluding carboxylic acids is 1. The number of nitrogens with zero attached hydrogens (tertiary/aromatic N) is 1. The van der Waals surface area contributed by atoms with Gasteiger partial charge in [-0.3, -0.25) is 9.10 Å². The number of halogens is 1. The average molecular weight is 529 g/mol. The van der Waals surface area contributed by atoms with Gasteiger partial charge in [0.2, 0.25) is 5.91 Å². The Morgan fingerprint density at radius 1 is 0.944 bits per heavy atom. The van der Waals surface area contributed by atoms with Crippen molar-refractivity contribution in [1.82, 2.24) is 5.32 Å². The second kappa shape index (κ2) is 10.9. The van der Waals surface area contributed by atoms with Crippen LogP contribution in [-0.2, 0) is 14.8 Å². The molecule has 0 fully saturated rings. The van der Waals surface area contributed by atoms with Crippen molar-refractivity contribution in [2.75, 3.05) is 18.0 Å². The normalized spacial score (nSPS) is 12.2. The van der Waals surface area contributed by atoms with Crippen molar-refractivity contribution in [3.8, 4) is 5.75 Å². The molecular weight excluding hydrogens is 496 g/mol. The highest BCUT2D eigenvalue weighted by atomic mass is 35.5. The van der Waals surface area contributed by atoms with Crippen LogP contribution in [-0.4, -0.2) is 28.0 Å². The maximum Gasteiger partial charge on any atom is 0.268 e. The zero-order chi connectivity index (χ0) is 26.8. The summed E-state index contributed by atoms with van der Waals surface area (Å²) in [6.07, 6.45) is 0. The molecule has 3 aromatic carbocycles. The molecule has 0 radical (unpaired) electrons. The first kappa shape index (κ1) is 27.6. The smallest absolute Gasteiger partial charge is 0.268 e. The van der Waals surface area contributed by atoms with E-state index in [4.69, 9.17) is 16.3 Å². The van der Waals surface area contributed by atoms with E-state index in [1.165, 1.54) is 18.7 Å². The third-order valence-electron chi connectivity index (χ3n) is 6.34. The van der Waals surface area contributed by atoms with E-state index in [0.717, 1.165) is 32.1 Å². The number of rotatable bonds is 8. The minimum atomic E-state index is -4.18. The number of carbonyl (C=O) groups is 1. The lowest BCUT2D eigenvalue weighted by molar-refractivity contribution is -0.120. The lowest BCUT2D eigenvalue weighted by Gasteiger charge is -2.26. The molecule has 3 aromatic rings. The second-order valence-electron chi connectivity index (χ2n) is 9.18. The second-order valence-corrected chi connectivity index (χ2v) is 11.4. The van der Waals surface area contributed by atoms with Crippen LogP contribution in [0.25, 0.3) is 0 Å². The van der Waals surface area contributed by atoms with Crippen LogP contribution in [0.2, 0.25) is 5.02 Å². The van der Waals surface area contributed by atoms with E-state index in [2.05, 4.69) is 17.4 Å². The number of methoxy groups -OCH3 is 1. The predicted molar refractivity (Wildman–Crippen MR) is 146 cm³/mol. The first-order chi connectivity index (χ1) is 16.8. The predicted octanol–water partition coefficient (Wildman–Crippen LogP) is 5.96. The fourth-order valence-electron chi connectivity index (χ4n) is 4.10. The Morgan fingerprint density at radius 2 is 1.61 bits per heavy atom. The van der Waals surface area contributed by atoms with Gasteiger partial charge in [0.15, 0.2) is 0 Å². The van der Waals surface area contributed by atoms with Crippen molar-refractivity contribution in [1.29, 1.82) is 0 Å². The number of benzene rings is 3. The van der Waals surface area contributed by atoms with Gasteiger partial charge in [-0.2, -0.15) is 0 Å². The molecule has 0 aliphatic carbocycles. The number of amides is 1. The van der Waals surface area contributed by atoms with Crippen molar-refractivity contribution in [2.45, 2.75) is 52.5 Å². The number of aryl methyl sites for hydroxylation is 5. The van der Waals surface area contributed by atoms with Gasteiger partial charge in [0.1, 0.15) is 17.2 Å². The highest BCUT2D eigenvalue weighted by molar-refractivity contribution is 7.93. The van der Waals surface area contributed by atoms with E-state index in [-0.39, 0.29) is 16.7 Å². The number of hydrogen-bond donors (Lipinski definition) is 1. The summed E-state index contributed by atoms with van der Waals surface area (Å²) >= 11 is 6.34. The summed E-state index contributed by atoms with van der Waals surface area (Å²) in [5, 5.41) is 3.37. The molecule has 1 atom stereocenters. The van der Waals surface area contributed by atoms with Crippen molar-refractivity contribution in [3.63, 3.8) is 0 Å². The van der Waals surface area contributed by atoms with E-state index < -0.39 is 22.5 Å². The van der Waals surface area contributed by atoms with Crippen LogP contribution in [0.15, 0.2) is 53.4 Å². The molecular formula is C28H33ClN2O4S. The summed E-state index contributed by atoms with van der Waals surface area (Å²) in [5.41, 5.74) is 6.19. The highest BCUT2D eigenvalue weighted by Gasteiger charge is 2.31. The fraction of sp³-hybridized carbons (Fsp3) is 0.321. The Kier molecular flexibility index (Phi) is 8.37. The molecule has 36 heavy (non-hydrogen) atoms. The Labute approximate surface area is 219 Å². The van der Waals surface area contributed by atoms with Gasteiger partial charge in [-0.05, 0) is 99.2 Å². The summed E-state index contributed by atoms with van der Waals surface area (Å²) in [6.45, 7) is 11.2. The van der Waals surface area contributed by atoms with Crippen LogP contribution < -0.4 is 14.4 Å². The Balaban J connectivity index is 2.01. The van der Waals surface area contributed by atoms with E-state index in [1.54, 1.807) is 37.3 Å². The van der Waals surface area contributed by atoms with Crippen molar-refractivity contribution < 1.29 is 17.9 Å². The monoisotopic (exact) mass is 528 g/mol. The molecule has 3 rings (SSSR count). The van der Waals surface area contributed by atoms with Gasteiger partial charge < -0.3 is 10.1 Å². The summed E-state index contributed by atoms with van der Waals surface area (Å²) in [7, 11) is -2.76. The fourth-order valence-corrected chi connectivity index (χ4v) is 5.93. The van der Waals surface area contributed by atoms with E-state index in [9.17, 15) is 13.2 Å². The lowest BCUT2D eigenvalue weighted by Crippen LogP contribution is -2.41. The van der Waals surface area contributed by atoms with E-state index in [0.29, 0.717) is 10.7 Å². The molecule has 0 heterocycles. The molecule has 192 valence electrons. The molecule has 1 amide bonds. The minimum Gasteiger partial charge on any atom is -0.495 e. The Morgan fingerprint density at radius 3 is 2.25 bits per heavy atom. The first-order valence-corrected chi connectivity index (χ1v) is 13.5. The molecule has 0 bridgehead atoms. The molecule has 1 N–H and O–H groups in total. The summed E-state index contributed by atoms with van der Waals surface area (Å²) in [5.74, 6) is -0.240. The third-order valence-corrected chi connectivity index (χ3v) is 8.55. The summed E-state index contributed by atoms with van der Waals surface area (Å²) in [4.78, 5) is 13.2. The molecule has 0 aromatic heterocycles. The summed E-state index contributed by atoms with van der Waals surface area (Å²) < 4.78 is 34.2. The number of nitrogens with one attached hydrogen (secondary N) is 1. The van der Waals surface area contributed by atoms with Crippen LogP contribution in [0.4, 0.5) is 5.69 Å². The van der Waals surface area contributed by atoms with Crippen LogP contribution in [0, 0.1) is 34.6 Å². The minimum absolute atomic E-state index is 0.0208. The third kappa shape index (κ3) is 5.85. The standard InChI is InChI=1S/C28H33ClN2O4S/c1-17-8-11-26(35-7)27(12-17)36(33,34)31(23-10-9-18(2)25(29)15-23)16-28(32)30-22(6)24-14-20(4)19(3)13-21(24)5/h8-15,22H,16H2,1-7H3,(H,30,32). The molecule has 0 aliphatic rings. The number of anilines is 1. The van der Waals surface area contributed by atoms with Crippen molar-refractivity contribution >= 4 is 33.2 Å². The van der Waals surface area contributed by atoms with Gasteiger partial charge in [0.25, 0.3) is 10.0 Å².